The predicted molar refractivity (Wildman–Crippen MR) is 89.0 cm³/mol. The topological polar surface area (TPSA) is 85.1 Å². The van der Waals surface area contributed by atoms with Gasteiger partial charge in [-0.2, -0.15) is 0 Å². The second kappa shape index (κ2) is 6.34. The van der Waals surface area contributed by atoms with Gasteiger partial charge in [0.25, 0.3) is 11.6 Å². The molecule has 0 unspecified atom stereocenters. The van der Waals surface area contributed by atoms with Crippen LogP contribution in [-0.2, 0) is 5.41 Å². The molecule has 2 aromatic rings. The van der Waals surface area contributed by atoms with E-state index in [1.54, 1.807) is 24.3 Å². The number of nitrogens with one attached hydrogen (secondary N) is 1. The van der Waals surface area contributed by atoms with Crippen molar-refractivity contribution in [3.05, 3.63) is 62.9 Å². The third-order valence-electron chi connectivity index (χ3n) is 3.25. The van der Waals surface area contributed by atoms with E-state index in [9.17, 15) is 14.9 Å². The smallest absolute Gasteiger partial charge is 0.273 e. The van der Waals surface area contributed by atoms with Crippen molar-refractivity contribution in [2.24, 2.45) is 0 Å². The van der Waals surface area contributed by atoms with E-state index in [0.717, 1.165) is 0 Å². The van der Waals surface area contributed by atoms with Crippen LogP contribution < -0.4 is 5.32 Å². The van der Waals surface area contributed by atoms with Crippen molar-refractivity contribution in [2.45, 2.75) is 26.2 Å². The van der Waals surface area contributed by atoms with Crippen molar-refractivity contribution < 1.29 is 9.72 Å². The number of carbonyl (C=O) groups excluding carboxylic acids is 1. The Morgan fingerprint density at radius 3 is 2.48 bits per heavy atom. The van der Waals surface area contributed by atoms with Gasteiger partial charge in [-0.1, -0.05) is 38.4 Å². The molecule has 7 heteroatoms. The lowest BCUT2D eigenvalue weighted by Crippen LogP contribution is -2.16. The molecular formula is C16H16ClN3O3. The predicted octanol–water partition coefficient (Wildman–Crippen LogP) is 4.19. The lowest BCUT2D eigenvalue weighted by Gasteiger charge is -2.19. The van der Waals surface area contributed by atoms with E-state index in [0.29, 0.717) is 16.4 Å². The van der Waals surface area contributed by atoms with E-state index in [-0.39, 0.29) is 11.3 Å². The largest absolute Gasteiger partial charge is 0.321 e. The molecule has 0 spiro atoms. The quantitative estimate of drug-likeness (QED) is 0.518. The third-order valence-corrected chi connectivity index (χ3v) is 3.47. The molecule has 1 heterocycles. The lowest BCUT2D eigenvalue weighted by molar-refractivity contribution is -0.386. The number of rotatable bonds is 3. The number of amides is 1. The van der Waals surface area contributed by atoms with E-state index in [2.05, 4.69) is 10.3 Å². The number of carbonyl (C=O) groups is 1. The minimum atomic E-state index is -0.471. The van der Waals surface area contributed by atoms with Crippen LogP contribution in [0.1, 0.15) is 36.7 Å². The van der Waals surface area contributed by atoms with Gasteiger partial charge in [-0.3, -0.25) is 14.9 Å². The van der Waals surface area contributed by atoms with E-state index in [4.69, 9.17) is 11.6 Å². The van der Waals surface area contributed by atoms with Crippen LogP contribution in [0.25, 0.3) is 0 Å². The zero-order valence-corrected chi connectivity index (χ0v) is 13.7. The number of nitro groups is 1. The Labute approximate surface area is 138 Å². The number of anilines is 1. The fourth-order valence-corrected chi connectivity index (χ4v) is 2.22. The number of pyridine rings is 1. The maximum atomic E-state index is 12.2. The Bertz CT molecular complexity index is 752. The van der Waals surface area contributed by atoms with Crippen LogP contribution in [0.2, 0.25) is 5.15 Å². The molecule has 0 radical (unpaired) electrons. The number of benzene rings is 1. The van der Waals surface area contributed by atoms with Crippen LogP contribution in [0.5, 0.6) is 0 Å². The molecule has 0 atom stereocenters. The first-order chi connectivity index (χ1) is 10.7. The minimum absolute atomic E-state index is 0.0700. The second-order valence-corrected chi connectivity index (χ2v) is 6.45. The maximum absolute atomic E-state index is 12.2. The zero-order chi connectivity index (χ0) is 17.2. The Morgan fingerprint density at radius 2 is 1.96 bits per heavy atom. The fourth-order valence-electron chi connectivity index (χ4n) is 2.11. The highest BCUT2D eigenvalue weighted by atomic mass is 35.5. The van der Waals surface area contributed by atoms with Gasteiger partial charge in [-0.05, 0) is 23.6 Å². The fraction of sp³-hybridized carbons (Fsp3) is 0.250. The molecule has 1 N–H and O–H groups in total. The molecule has 0 aliphatic carbocycles. The van der Waals surface area contributed by atoms with Crippen molar-refractivity contribution in [3.63, 3.8) is 0 Å². The molecule has 23 heavy (non-hydrogen) atoms. The standard InChI is InChI=1S/C16H16ClN3O3/c1-16(2,3)12-6-4-10(8-13(12)20(22)23)15(21)19-11-5-7-14(17)18-9-11/h4-9H,1-3H3,(H,19,21). The molecule has 2 rings (SSSR count). The van der Waals surface area contributed by atoms with Gasteiger partial charge in [-0.15, -0.1) is 0 Å². The highest BCUT2D eigenvalue weighted by Gasteiger charge is 2.26. The summed E-state index contributed by atoms with van der Waals surface area (Å²) >= 11 is 5.68. The first-order valence-electron chi connectivity index (χ1n) is 6.90. The molecule has 0 aliphatic heterocycles. The molecule has 1 amide bonds. The van der Waals surface area contributed by atoms with Crippen molar-refractivity contribution >= 4 is 28.9 Å². The Balaban J connectivity index is 2.32. The number of hydrogen-bond donors (Lipinski definition) is 1. The Kier molecular flexibility index (Phi) is 4.65. The van der Waals surface area contributed by atoms with Gasteiger partial charge >= 0.3 is 0 Å². The van der Waals surface area contributed by atoms with Gasteiger partial charge in [0.2, 0.25) is 0 Å². The molecule has 0 bridgehead atoms. The summed E-state index contributed by atoms with van der Waals surface area (Å²) in [5.41, 5.74) is 0.783. The van der Waals surface area contributed by atoms with Crippen LogP contribution in [0.4, 0.5) is 11.4 Å². The zero-order valence-electron chi connectivity index (χ0n) is 13.0. The summed E-state index contributed by atoms with van der Waals surface area (Å²) in [6.45, 7) is 5.65. The first kappa shape index (κ1) is 16.9. The van der Waals surface area contributed by atoms with Crippen LogP contribution in [-0.4, -0.2) is 15.8 Å². The molecule has 120 valence electrons. The van der Waals surface area contributed by atoms with Gasteiger partial charge in [0, 0.05) is 17.2 Å². The molecule has 0 aliphatic rings. The molecule has 0 fully saturated rings. The Morgan fingerprint density at radius 1 is 1.26 bits per heavy atom. The van der Waals surface area contributed by atoms with Gasteiger partial charge in [0.15, 0.2) is 0 Å². The number of nitrogens with zero attached hydrogens (tertiary/aromatic N) is 2. The summed E-state index contributed by atoms with van der Waals surface area (Å²) < 4.78 is 0. The highest BCUT2D eigenvalue weighted by molar-refractivity contribution is 6.29. The average molecular weight is 334 g/mol. The van der Waals surface area contributed by atoms with Gasteiger partial charge < -0.3 is 5.32 Å². The summed E-state index contributed by atoms with van der Waals surface area (Å²) in [4.78, 5) is 26.9. The summed E-state index contributed by atoms with van der Waals surface area (Å²) in [5.74, 6) is -0.447. The van der Waals surface area contributed by atoms with E-state index in [1.165, 1.54) is 12.3 Å². The molecule has 1 aromatic heterocycles. The molecule has 1 aromatic carbocycles. The first-order valence-corrected chi connectivity index (χ1v) is 7.28. The van der Waals surface area contributed by atoms with Crippen LogP contribution in [0, 0.1) is 10.1 Å². The van der Waals surface area contributed by atoms with Crippen molar-refractivity contribution in [2.75, 3.05) is 5.32 Å². The molecule has 0 saturated heterocycles. The second-order valence-electron chi connectivity index (χ2n) is 6.06. The van der Waals surface area contributed by atoms with E-state index >= 15 is 0 Å². The monoisotopic (exact) mass is 333 g/mol. The maximum Gasteiger partial charge on any atom is 0.273 e. The van der Waals surface area contributed by atoms with Gasteiger partial charge in [-0.25, -0.2) is 4.98 Å². The molecule has 6 nitrogen and oxygen atoms in total. The van der Waals surface area contributed by atoms with Crippen molar-refractivity contribution in [3.8, 4) is 0 Å². The van der Waals surface area contributed by atoms with Crippen LogP contribution in [0.15, 0.2) is 36.5 Å². The lowest BCUT2D eigenvalue weighted by atomic mass is 9.85. The summed E-state index contributed by atoms with van der Waals surface area (Å²) in [6, 6.07) is 7.63. The number of aromatic nitrogens is 1. The normalized spacial score (nSPS) is 11.1. The van der Waals surface area contributed by atoms with Crippen LogP contribution in [0.3, 0.4) is 0 Å². The van der Waals surface area contributed by atoms with E-state index in [1.807, 2.05) is 20.8 Å². The summed E-state index contributed by atoms with van der Waals surface area (Å²) in [6.07, 6.45) is 1.41. The van der Waals surface area contributed by atoms with Crippen LogP contribution >= 0.6 is 11.6 Å². The average Bonchev–Trinajstić information content (AvgIpc) is 2.48. The number of nitro benzene ring substituents is 1. The highest BCUT2D eigenvalue weighted by Crippen LogP contribution is 2.32. The van der Waals surface area contributed by atoms with E-state index < -0.39 is 16.2 Å². The van der Waals surface area contributed by atoms with Gasteiger partial charge in [0.1, 0.15) is 5.15 Å². The van der Waals surface area contributed by atoms with Crippen molar-refractivity contribution in [1.29, 1.82) is 0 Å². The molecular weight excluding hydrogens is 318 g/mol. The Hall–Kier alpha value is -2.47. The summed E-state index contributed by atoms with van der Waals surface area (Å²) in [7, 11) is 0. The SMILES string of the molecule is CC(C)(C)c1ccc(C(=O)Nc2ccc(Cl)nc2)cc1[N+](=O)[O-]. The summed E-state index contributed by atoms with van der Waals surface area (Å²) in [5, 5.41) is 14.2. The minimum Gasteiger partial charge on any atom is -0.321 e. The number of hydrogen-bond acceptors (Lipinski definition) is 4. The number of halogens is 1. The van der Waals surface area contributed by atoms with Gasteiger partial charge in [0.05, 0.1) is 16.8 Å². The van der Waals surface area contributed by atoms with Crippen molar-refractivity contribution in [1.82, 2.24) is 4.98 Å². The third kappa shape index (κ3) is 4.04. The molecule has 0 saturated carbocycles.